The third kappa shape index (κ3) is 6.26. The van der Waals surface area contributed by atoms with Crippen LogP contribution in [0.2, 0.25) is 0 Å². The van der Waals surface area contributed by atoms with Crippen molar-refractivity contribution in [1.82, 2.24) is 10.2 Å². The molecule has 0 heterocycles. The maximum absolute atomic E-state index is 11.9. The Hall–Kier alpha value is -1.10. The van der Waals surface area contributed by atoms with Crippen molar-refractivity contribution in [3.05, 3.63) is 0 Å². The Morgan fingerprint density at radius 3 is 2.41 bits per heavy atom. The predicted octanol–water partition coefficient (Wildman–Crippen LogP) is 0.489. The number of nitrogens with two attached hydrogens (primary N) is 1. The molecule has 0 aliphatic heterocycles. The molecule has 0 bridgehead atoms. The standard InChI is InChI=1S/C12H25N3O2/c1-4-7-8-10(13)12(17)15(6-3)9-11(16)14-5-2/h10H,4-9,13H2,1-3H3,(H,14,16). The fraction of sp³-hybridized carbons (Fsp3) is 0.833. The van der Waals surface area contributed by atoms with Crippen molar-refractivity contribution in [2.45, 2.75) is 46.1 Å². The lowest BCUT2D eigenvalue weighted by molar-refractivity contribution is -0.137. The largest absolute Gasteiger partial charge is 0.355 e. The normalized spacial score (nSPS) is 12.0. The van der Waals surface area contributed by atoms with Crippen LogP contribution in [0.25, 0.3) is 0 Å². The van der Waals surface area contributed by atoms with Gasteiger partial charge in [0.2, 0.25) is 11.8 Å². The van der Waals surface area contributed by atoms with Gasteiger partial charge >= 0.3 is 0 Å². The molecule has 0 aromatic rings. The quantitative estimate of drug-likeness (QED) is 0.651. The fourth-order valence-electron chi connectivity index (χ4n) is 1.55. The summed E-state index contributed by atoms with van der Waals surface area (Å²) in [5.41, 5.74) is 5.81. The molecular weight excluding hydrogens is 218 g/mol. The van der Waals surface area contributed by atoms with Crippen LogP contribution in [0.3, 0.4) is 0 Å². The number of nitrogens with zero attached hydrogens (tertiary/aromatic N) is 1. The van der Waals surface area contributed by atoms with Crippen molar-refractivity contribution < 1.29 is 9.59 Å². The van der Waals surface area contributed by atoms with E-state index in [4.69, 9.17) is 5.73 Å². The highest BCUT2D eigenvalue weighted by molar-refractivity contribution is 5.87. The summed E-state index contributed by atoms with van der Waals surface area (Å²) in [7, 11) is 0. The highest BCUT2D eigenvalue weighted by Gasteiger charge is 2.20. The zero-order valence-electron chi connectivity index (χ0n) is 11.2. The fourth-order valence-corrected chi connectivity index (χ4v) is 1.55. The molecule has 0 saturated heterocycles. The summed E-state index contributed by atoms with van der Waals surface area (Å²) in [6.07, 6.45) is 2.64. The second-order valence-electron chi connectivity index (χ2n) is 4.05. The zero-order valence-corrected chi connectivity index (χ0v) is 11.2. The molecule has 0 rings (SSSR count). The summed E-state index contributed by atoms with van der Waals surface area (Å²) >= 11 is 0. The number of amides is 2. The molecule has 0 fully saturated rings. The van der Waals surface area contributed by atoms with E-state index in [9.17, 15) is 9.59 Å². The van der Waals surface area contributed by atoms with Gasteiger partial charge in [0.25, 0.3) is 0 Å². The van der Waals surface area contributed by atoms with Crippen LogP contribution in [0.4, 0.5) is 0 Å². The summed E-state index contributed by atoms with van der Waals surface area (Å²) < 4.78 is 0. The molecule has 2 amide bonds. The van der Waals surface area contributed by atoms with E-state index in [0.717, 1.165) is 12.8 Å². The van der Waals surface area contributed by atoms with E-state index in [-0.39, 0.29) is 18.4 Å². The van der Waals surface area contributed by atoms with E-state index >= 15 is 0 Å². The summed E-state index contributed by atoms with van der Waals surface area (Å²) in [6, 6.07) is -0.482. The third-order valence-corrected chi connectivity index (χ3v) is 2.59. The Bertz CT molecular complexity index is 244. The SMILES string of the molecule is CCCCC(N)C(=O)N(CC)CC(=O)NCC. The summed E-state index contributed by atoms with van der Waals surface area (Å²) in [6.45, 7) is 6.95. The van der Waals surface area contributed by atoms with Crippen molar-refractivity contribution in [3.63, 3.8) is 0 Å². The van der Waals surface area contributed by atoms with Gasteiger partial charge in [-0.2, -0.15) is 0 Å². The van der Waals surface area contributed by atoms with Crippen molar-refractivity contribution >= 4 is 11.8 Å². The first-order valence-electron chi connectivity index (χ1n) is 6.37. The first-order valence-corrected chi connectivity index (χ1v) is 6.37. The topological polar surface area (TPSA) is 75.4 Å². The van der Waals surface area contributed by atoms with Crippen molar-refractivity contribution in [2.24, 2.45) is 5.73 Å². The molecule has 5 nitrogen and oxygen atoms in total. The highest BCUT2D eigenvalue weighted by atomic mass is 16.2. The zero-order chi connectivity index (χ0) is 13.3. The Morgan fingerprint density at radius 1 is 1.29 bits per heavy atom. The number of hydrogen-bond donors (Lipinski definition) is 2. The first kappa shape index (κ1) is 15.9. The molecule has 0 saturated carbocycles. The predicted molar refractivity (Wildman–Crippen MR) is 68.4 cm³/mol. The molecular formula is C12H25N3O2. The minimum absolute atomic E-state index is 0.100. The van der Waals surface area contributed by atoms with Gasteiger partial charge in [-0.3, -0.25) is 9.59 Å². The van der Waals surface area contributed by atoms with Gasteiger partial charge in [-0.05, 0) is 20.3 Å². The van der Waals surface area contributed by atoms with Crippen LogP contribution in [0.1, 0.15) is 40.0 Å². The van der Waals surface area contributed by atoms with Gasteiger partial charge in [0.05, 0.1) is 12.6 Å². The lowest BCUT2D eigenvalue weighted by Gasteiger charge is -2.23. The molecule has 5 heteroatoms. The van der Waals surface area contributed by atoms with Crippen LogP contribution in [0, 0.1) is 0 Å². The van der Waals surface area contributed by atoms with Gasteiger partial charge < -0.3 is 16.0 Å². The second-order valence-corrected chi connectivity index (χ2v) is 4.05. The van der Waals surface area contributed by atoms with Gasteiger partial charge in [-0.15, -0.1) is 0 Å². The molecule has 0 aromatic carbocycles. The molecule has 100 valence electrons. The first-order chi connectivity index (χ1) is 8.06. The molecule has 17 heavy (non-hydrogen) atoms. The van der Waals surface area contributed by atoms with E-state index in [1.54, 1.807) is 0 Å². The van der Waals surface area contributed by atoms with Crippen LogP contribution < -0.4 is 11.1 Å². The summed E-state index contributed by atoms with van der Waals surface area (Å²) in [4.78, 5) is 24.9. The molecule has 0 radical (unpaired) electrons. The average molecular weight is 243 g/mol. The molecule has 1 atom stereocenters. The van der Waals surface area contributed by atoms with Crippen LogP contribution in [-0.2, 0) is 9.59 Å². The lowest BCUT2D eigenvalue weighted by atomic mass is 10.1. The Balaban J connectivity index is 4.24. The van der Waals surface area contributed by atoms with Crippen LogP contribution in [0.5, 0.6) is 0 Å². The van der Waals surface area contributed by atoms with E-state index in [0.29, 0.717) is 19.5 Å². The van der Waals surface area contributed by atoms with Crippen LogP contribution >= 0.6 is 0 Å². The summed E-state index contributed by atoms with van der Waals surface area (Å²) in [5.74, 6) is -0.266. The number of nitrogens with one attached hydrogen (secondary N) is 1. The van der Waals surface area contributed by atoms with E-state index in [1.165, 1.54) is 4.90 Å². The van der Waals surface area contributed by atoms with Gasteiger partial charge in [-0.25, -0.2) is 0 Å². The minimum atomic E-state index is -0.482. The van der Waals surface area contributed by atoms with E-state index < -0.39 is 6.04 Å². The molecule has 0 aromatic heterocycles. The number of carbonyl (C=O) groups excluding carboxylic acids is 2. The number of carbonyl (C=O) groups is 2. The molecule has 0 aliphatic carbocycles. The monoisotopic (exact) mass is 243 g/mol. The highest BCUT2D eigenvalue weighted by Crippen LogP contribution is 2.02. The van der Waals surface area contributed by atoms with Crippen molar-refractivity contribution in [3.8, 4) is 0 Å². The maximum atomic E-state index is 11.9. The molecule has 0 aliphatic rings. The average Bonchev–Trinajstić information content (AvgIpc) is 2.32. The number of unbranched alkanes of at least 4 members (excludes halogenated alkanes) is 1. The Morgan fingerprint density at radius 2 is 1.94 bits per heavy atom. The number of likely N-dealkylation sites (N-methyl/N-ethyl adjacent to an activating group) is 2. The van der Waals surface area contributed by atoms with Crippen molar-refractivity contribution in [2.75, 3.05) is 19.6 Å². The minimum Gasteiger partial charge on any atom is -0.355 e. The number of hydrogen-bond acceptors (Lipinski definition) is 3. The lowest BCUT2D eigenvalue weighted by Crippen LogP contribution is -2.47. The van der Waals surface area contributed by atoms with E-state index in [2.05, 4.69) is 12.2 Å². The van der Waals surface area contributed by atoms with Crippen molar-refractivity contribution in [1.29, 1.82) is 0 Å². The van der Waals surface area contributed by atoms with Gasteiger partial charge in [-0.1, -0.05) is 19.8 Å². The summed E-state index contributed by atoms with van der Waals surface area (Å²) in [5, 5.41) is 2.67. The van der Waals surface area contributed by atoms with E-state index in [1.807, 2.05) is 13.8 Å². The molecule has 1 unspecified atom stereocenters. The Labute approximate surface area is 104 Å². The van der Waals surface area contributed by atoms with Crippen LogP contribution in [-0.4, -0.2) is 42.4 Å². The van der Waals surface area contributed by atoms with Gasteiger partial charge in [0.1, 0.15) is 0 Å². The number of rotatable bonds is 8. The van der Waals surface area contributed by atoms with Gasteiger partial charge in [0, 0.05) is 13.1 Å². The van der Waals surface area contributed by atoms with Gasteiger partial charge in [0.15, 0.2) is 0 Å². The Kier molecular flexibility index (Phi) is 8.40. The smallest absolute Gasteiger partial charge is 0.239 e. The third-order valence-electron chi connectivity index (χ3n) is 2.59. The second kappa shape index (κ2) is 8.98. The maximum Gasteiger partial charge on any atom is 0.239 e. The molecule has 0 spiro atoms. The molecule has 3 N–H and O–H groups in total. The van der Waals surface area contributed by atoms with Crippen LogP contribution in [0.15, 0.2) is 0 Å².